The molecule has 0 amide bonds. The molecule has 0 bridgehead atoms. The molecule has 0 aromatic carbocycles. The molecule has 0 fully saturated rings. The van der Waals surface area contributed by atoms with E-state index in [0.29, 0.717) is 25.9 Å². The Kier molecular flexibility index (Phi) is 15.7. The Hall–Kier alpha value is -1.09. The lowest BCUT2D eigenvalue weighted by molar-refractivity contribution is -0.142. The zero-order valence-electron chi connectivity index (χ0n) is 17.0. The van der Waals surface area contributed by atoms with Gasteiger partial charge < -0.3 is 9.84 Å². The van der Waals surface area contributed by atoms with Crippen molar-refractivity contribution in [2.75, 3.05) is 6.61 Å². The van der Waals surface area contributed by atoms with E-state index in [1.807, 2.05) is 6.08 Å². The third kappa shape index (κ3) is 17.5. The molecule has 146 valence electrons. The fraction of sp³-hybridized carbons (Fsp3) is 0.773. The summed E-state index contributed by atoms with van der Waals surface area (Å²) in [6.07, 6.45) is 14.7. The largest absolute Gasteiger partial charge is 0.461 e. The highest BCUT2D eigenvalue weighted by Crippen LogP contribution is 2.12. The molecule has 0 aliphatic carbocycles. The van der Waals surface area contributed by atoms with E-state index in [1.54, 1.807) is 0 Å². The number of unbranched alkanes of at least 4 members (excludes halogenated alkanes) is 4. The minimum atomic E-state index is -0.272. The maximum Gasteiger partial charge on any atom is 0.306 e. The molecule has 0 saturated heterocycles. The second-order valence-electron chi connectivity index (χ2n) is 7.30. The summed E-state index contributed by atoms with van der Waals surface area (Å²) in [6.45, 7) is 8.84. The predicted octanol–water partition coefficient (Wildman–Crippen LogP) is 6.11. The topological polar surface area (TPSA) is 46.5 Å². The zero-order valence-corrected chi connectivity index (χ0v) is 17.0. The van der Waals surface area contributed by atoms with Gasteiger partial charge in [-0.3, -0.25) is 4.79 Å². The van der Waals surface area contributed by atoms with Crippen molar-refractivity contribution >= 4 is 5.97 Å². The number of carbonyl (C=O) groups is 1. The number of allylic oxidation sites excluding steroid dienone is 3. The summed E-state index contributed by atoms with van der Waals surface area (Å²) < 4.78 is 5.23. The van der Waals surface area contributed by atoms with Gasteiger partial charge in [0.15, 0.2) is 0 Å². The molecule has 0 radical (unpaired) electrons. The first kappa shape index (κ1) is 23.9. The molecule has 0 rings (SSSR count). The second-order valence-corrected chi connectivity index (χ2v) is 7.30. The van der Waals surface area contributed by atoms with Crippen LogP contribution in [0.4, 0.5) is 0 Å². The number of aliphatic hydroxyl groups excluding tert-OH is 1. The lowest BCUT2D eigenvalue weighted by Crippen LogP contribution is -2.09. The van der Waals surface area contributed by atoms with Crippen LogP contribution in [0.5, 0.6) is 0 Å². The molecule has 0 spiro atoms. The van der Waals surface area contributed by atoms with E-state index in [0.717, 1.165) is 25.7 Å². The van der Waals surface area contributed by atoms with E-state index in [2.05, 4.69) is 33.8 Å². The van der Waals surface area contributed by atoms with Crippen LogP contribution in [0.1, 0.15) is 98.3 Å². The van der Waals surface area contributed by atoms with Crippen molar-refractivity contribution in [2.24, 2.45) is 0 Å². The number of aliphatic hydroxyl groups is 1. The molecular formula is C22H40O3. The molecular weight excluding hydrogens is 312 g/mol. The first-order valence-corrected chi connectivity index (χ1v) is 10.1. The molecule has 3 heteroatoms. The molecule has 0 heterocycles. The van der Waals surface area contributed by atoms with Crippen molar-refractivity contribution in [3.63, 3.8) is 0 Å². The van der Waals surface area contributed by atoms with Gasteiger partial charge in [0.2, 0.25) is 0 Å². The van der Waals surface area contributed by atoms with Crippen LogP contribution in [0.15, 0.2) is 23.3 Å². The first-order chi connectivity index (χ1) is 12.0. The van der Waals surface area contributed by atoms with E-state index in [1.165, 1.54) is 36.8 Å². The molecule has 1 unspecified atom stereocenters. The van der Waals surface area contributed by atoms with E-state index in [9.17, 15) is 9.90 Å². The highest BCUT2D eigenvalue weighted by atomic mass is 16.5. The summed E-state index contributed by atoms with van der Waals surface area (Å²) in [4.78, 5) is 11.7. The van der Waals surface area contributed by atoms with Crippen molar-refractivity contribution < 1.29 is 14.6 Å². The van der Waals surface area contributed by atoms with Crippen molar-refractivity contribution in [3.05, 3.63) is 23.3 Å². The number of carbonyl (C=O) groups excluding carboxylic acids is 1. The van der Waals surface area contributed by atoms with Crippen LogP contribution < -0.4 is 0 Å². The van der Waals surface area contributed by atoms with E-state index in [-0.39, 0.29) is 12.1 Å². The van der Waals surface area contributed by atoms with E-state index < -0.39 is 0 Å². The van der Waals surface area contributed by atoms with Gasteiger partial charge in [-0.15, -0.1) is 0 Å². The Labute approximate surface area is 155 Å². The maximum atomic E-state index is 11.7. The third-order valence-electron chi connectivity index (χ3n) is 4.33. The molecule has 0 aromatic heterocycles. The summed E-state index contributed by atoms with van der Waals surface area (Å²) in [6, 6.07) is 0. The van der Waals surface area contributed by atoms with Gasteiger partial charge in [0.25, 0.3) is 0 Å². The Morgan fingerprint density at radius 2 is 1.64 bits per heavy atom. The minimum absolute atomic E-state index is 0.163. The Balaban J connectivity index is 3.64. The van der Waals surface area contributed by atoms with Crippen molar-refractivity contribution in [3.8, 4) is 0 Å². The van der Waals surface area contributed by atoms with Gasteiger partial charge in [-0.25, -0.2) is 0 Å². The summed E-state index contributed by atoms with van der Waals surface area (Å²) >= 11 is 0. The number of ether oxygens (including phenoxy) is 1. The van der Waals surface area contributed by atoms with E-state index in [4.69, 9.17) is 4.74 Å². The van der Waals surface area contributed by atoms with Gasteiger partial charge >= 0.3 is 5.97 Å². The normalized spacial score (nSPS) is 12.8. The minimum Gasteiger partial charge on any atom is -0.461 e. The molecule has 1 atom stereocenters. The van der Waals surface area contributed by atoms with Gasteiger partial charge in [0, 0.05) is 6.42 Å². The Bertz CT molecular complexity index is 392. The summed E-state index contributed by atoms with van der Waals surface area (Å²) in [5.41, 5.74) is 2.59. The average Bonchev–Trinajstić information content (AvgIpc) is 2.54. The predicted molar refractivity (Wildman–Crippen MR) is 107 cm³/mol. The first-order valence-electron chi connectivity index (χ1n) is 10.1. The molecule has 25 heavy (non-hydrogen) atoms. The van der Waals surface area contributed by atoms with Crippen LogP contribution in [0.25, 0.3) is 0 Å². The molecule has 0 saturated carbocycles. The molecule has 0 aliphatic rings. The van der Waals surface area contributed by atoms with Crippen LogP contribution >= 0.6 is 0 Å². The fourth-order valence-electron chi connectivity index (χ4n) is 2.65. The molecule has 1 N–H and O–H groups in total. The van der Waals surface area contributed by atoms with Crippen molar-refractivity contribution in [1.82, 2.24) is 0 Å². The second kappa shape index (κ2) is 16.4. The van der Waals surface area contributed by atoms with Gasteiger partial charge in [0.1, 0.15) is 6.61 Å². The van der Waals surface area contributed by atoms with Crippen LogP contribution in [0.2, 0.25) is 0 Å². The zero-order chi connectivity index (χ0) is 18.9. The van der Waals surface area contributed by atoms with Gasteiger partial charge in [-0.1, -0.05) is 56.3 Å². The van der Waals surface area contributed by atoms with Gasteiger partial charge in [-0.05, 0) is 59.0 Å². The van der Waals surface area contributed by atoms with Crippen molar-refractivity contribution in [1.29, 1.82) is 0 Å². The van der Waals surface area contributed by atoms with Crippen LogP contribution in [-0.2, 0) is 9.53 Å². The maximum absolute atomic E-state index is 11.7. The highest BCUT2D eigenvalue weighted by molar-refractivity contribution is 5.69. The van der Waals surface area contributed by atoms with Gasteiger partial charge in [0.05, 0.1) is 6.10 Å². The number of rotatable bonds is 15. The summed E-state index contributed by atoms with van der Waals surface area (Å²) in [5, 5.41) is 9.92. The Morgan fingerprint density at radius 3 is 2.32 bits per heavy atom. The van der Waals surface area contributed by atoms with Crippen LogP contribution in [0.3, 0.4) is 0 Å². The molecule has 3 nitrogen and oxygen atoms in total. The van der Waals surface area contributed by atoms with Crippen LogP contribution in [-0.4, -0.2) is 23.8 Å². The average molecular weight is 353 g/mol. The fourth-order valence-corrected chi connectivity index (χ4v) is 2.65. The number of hydrogen-bond donors (Lipinski definition) is 1. The number of hydrogen-bond acceptors (Lipinski definition) is 3. The smallest absolute Gasteiger partial charge is 0.306 e. The number of esters is 1. The van der Waals surface area contributed by atoms with Crippen molar-refractivity contribution in [2.45, 2.75) is 104 Å². The lowest BCUT2D eigenvalue weighted by atomic mass is 10.0. The molecule has 0 aromatic rings. The highest BCUT2D eigenvalue weighted by Gasteiger charge is 2.07. The van der Waals surface area contributed by atoms with Crippen LogP contribution in [0, 0.1) is 0 Å². The lowest BCUT2D eigenvalue weighted by Gasteiger charge is -2.10. The molecule has 0 aliphatic heterocycles. The third-order valence-corrected chi connectivity index (χ3v) is 4.33. The quantitative estimate of drug-likeness (QED) is 0.219. The van der Waals surface area contributed by atoms with E-state index >= 15 is 0 Å². The standard InChI is InChI=1S/C22H40O3/c1-5-6-7-8-9-14-21(23)15-11-16-22(24)25-18-17-20(4)13-10-12-19(2)3/h12,17,21,23H,5-11,13-16,18H2,1-4H3. The summed E-state index contributed by atoms with van der Waals surface area (Å²) in [5.74, 6) is -0.163. The SMILES string of the molecule is CCCCCCCC(O)CCCC(=O)OCC=C(C)CCC=C(C)C. The monoisotopic (exact) mass is 352 g/mol. The van der Waals surface area contributed by atoms with Gasteiger partial charge in [-0.2, -0.15) is 0 Å². The summed E-state index contributed by atoms with van der Waals surface area (Å²) in [7, 11) is 0. The Morgan fingerprint density at radius 1 is 0.960 bits per heavy atom.